The molecule has 3 aromatic rings. The van der Waals surface area contributed by atoms with E-state index < -0.39 is 5.60 Å². The molecule has 1 aromatic heterocycles. The number of fused-ring (bicyclic) bond motifs is 4. The molecule has 2 saturated heterocycles. The fourth-order valence-electron chi connectivity index (χ4n) is 6.63. The number of piperazine rings is 1. The van der Waals surface area contributed by atoms with E-state index in [9.17, 15) is 15.2 Å². The first-order valence-electron chi connectivity index (χ1n) is 13.8. The summed E-state index contributed by atoms with van der Waals surface area (Å²) in [6.45, 7) is 12.1. The Labute approximate surface area is 236 Å². The van der Waals surface area contributed by atoms with Crippen LogP contribution in [0.1, 0.15) is 71.9 Å². The largest absolute Gasteiger partial charge is 0.388 e. The van der Waals surface area contributed by atoms with Crippen LogP contribution in [0, 0.1) is 11.3 Å². The van der Waals surface area contributed by atoms with Crippen molar-refractivity contribution in [3.8, 4) is 6.07 Å². The van der Waals surface area contributed by atoms with Gasteiger partial charge in [0.1, 0.15) is 0 Å². The first-order chi connectivity index (χ1) is 18.2. The Morgan fingerprint density at radius 2 is 1.82 bits per heavy atom. The summed E-state index contributed by atoms with van der Waals surface area (Å²) in [5.41, 5.74) is 6.28. The second kappa shape index (κ2) is 10.3. The molecule has 0 saturated carbocycles. The molecule has 2 N–H and O–H groups in total. The summed E-state index contributed by atoms with van der Waals surface area (Å²) in [7, 11) is 0. The number of anilines is 1. The number of nitrogens with one attached hydrogen (secondary N) is 1. The van der Waals surface area contributed by atoms with Crippen LogP contribution in [0.4, 0.5) is 5.69 Å². The monoisotopic (exact) mass is 548 g/mol. The van der Waals surface area contributed by atoms with Gasteiger partial charge in [-0.15, -0.1) is 12.4 Å². The third-order valence-corrected chi connectivity index (χ3v) is 8.95. The minimum absolute atomic E-state index is 0. The molecule has 0 radical (unpaired) electrons. The summed E-state index contributed by atoms with van der Waals surface area (Å²) in [6, 6.07) is 12.1. The van der Waals surface area contributed by atoms with Crippen LogP contribution in [0.25, 0.3) is 10.9 Å². The van der Waals surface area contributed by atoms with Gasteiger partial charge in [0, 0.05) is 92.0 Å². The smallest absolute Gasteiger partial charge is 0.195 e. The molecular formula is C31H37ClN4O3. The van der Waals surface area contributed by atoms with Gasteiger partial charge in [-0.1, -0.05) is 26.8 Å². The lowest BCUT2D eigenvalue weighted by Crippen LogP contribution is -2.53. The van der Waals surface area contributed by atoms with Crippen LogP contribution in [0.15, 0.2) is 30.3 Å². The highest BCUT2D eigenvalue weighted by molar-refractivity contribution is 6.20. The Bertz CT molecular complexity index is 1460. The van der Waals surface area contributed by atoms with E-state index in [2.05, 4.69) is 53.8 Å². The highest BCUT2D eigenvalue weighted by Crippen LogP contribution is 2.46. The Morgan fingerprint density at radius 3 is 2.49 bits per heavy atom. The van der Waals surface area contributed by atoms with E-state index in [4.69, 9.17) is 4.74 Å². The summed E-state index contributed by atoms with van der Waals surface area (Å²) in [5.74, 6) is 0.0565. The summed E-state index contributed by atoms with van der Waals surface area (Å²) >= 11 is 0. The zero-order chi connectivity index (χ0) is 26.7. The lowest BCUT2D eigenvalue weighted by Gasteiger charge is -2.42. The average Bonchev–Trinajstić information content (AvgIpc) is 3.32. The zero-order valence-corrected chi connectivity index (χ0v) is 23.8. The number of aryl methyl sites for hydroxylation is 1. The van der Waals surface area contributed by atoms with E-state index in [1.54, 1.807) is 6.07 Å². The van der Waals surface area contributed by atoms with Gasteiger partial charge in [-0.05, 0) is 41.8 Å². The number of aromatic nitrogens is 1. The highest BCUT2D eigenvalue weighted by Gasteiger charge is 2.41. The van der Waals surface area contributed by atoms with Crippen molar-refractivity contribution in [1.29, 1.82) is 5.26 Å². The number of hydrogen-bond donors (Lipinski definition) is 2. The van der Waals surface area contributed by atoms with Crippen LogP contribution in [-0.4, -0.2) is 72.3 Å². The minimum atomic E-state index is -0.642. The summed E-state index contributed by atoms with van der Waals surface area (Å²) in [5, 5.41) is 21.2. The molecule has 2 fully saturated rings. The molecule has 0 atom stereocenters. The van der Waals surface area contributed by atoms with Gasteiger partial charge in [-0.3, -0.25) is 9.69 Å². The molecule has 3 aliphatic rings. The van der Waals surface area contributed by atoms with Crippen molar-refractivity contribution in [1.82, 2.24) is 9.88 Å². The van der Waals surface area contributed by atoms with Gasteiger partial charge < -0.3 is 19.7 Å². The maximum atomic E-state index is 13.9. The number of aliphatic hydroxyl groups is 1. The van der Waals surface area contributed by atoms with Gasteiger partial charge in [0.15, 0.2) is 5.78 Å². The number of nitriles is 1. The van der Waals surface area contributed by atoms with Crippen molar-refractivity contribution >= 4 is 34.8 Å². The second-order valence-corrected chi connectivity index (χ2v) is 11.7. The van der Waals surface area contributed by atoms with Crippen molar-refractivity contribution in [3.63, 3.8) is 0 Å². The Morgan fingerprint density at radius 1 is 1.10 bits per heavy atom. The molecular weight excluding hydrogens is 512 g/mol. The molecule has 0 bridgehead atoms. The number of aromatic amines is 1. The number of β-amino-alcohol motifs (C(OH)–C–C–N with tert-alkyl or cyclic N) is 1. The number of benzene rings is 2. The van der Waals surface area contributed by atoms with Gasteiger partial charge in [0.25, 0.3) is 0 Å². The second-order valence-electron chi connectivity index (χ2n) is 11.7. The van der Waals surface area contributed by atoms with Gasteiger partial charge in [-0.2, -0.15) is 5.26 Å². The molecule has 0 unspecified atom stereocenters. The summed E-state index contributed by atoms with van der Waals surface area (Å²) in [6.07, 6.45) is 2.26. The summed E-state index contributed by atoms with van der Waals surface area (Å²) < 4.78 is 5.45. The first-order valence-corrected chi connectivity index (χ1v) is 13.8. The van der Waals surface area contributed by atoms with Crippen molar-refractivity contribution in [2.75, 3.05) is 50.8 Å². The predicted octanol–water partition coefficient (Wildman–Crippen LogP) is 4.56. The third kappa shape index (κ3) is 4.64. The molecule has 6 rings (SSSR count). The number of H-pyrrole nitrogens is 1. The first kappa shape index (κ1) is 27.7. The zero-order valence-electron chi connectivity index (χ0n) is 23.0. The van der Waals surface area contributed by atoms with Crippen molar-refractivity contribution in [3.05, 3.63) is 63.8 Å². The molecule has 8 heteroatoms. The molecule has 0 amide bonds. The maximum Gasteiger partial charge on any atom is 0.195 e. The van der Waals surface area contributed by atoms with Crippen LogP contribution in [0.2, 0.25) is 0 Å². The number of carbonyl (C=O) groups excluding carboxylic acids is 1. The van der Waals surface area contributed by atoms with Gasteiger partial charge >= 0.3 is 0 Å². The number of rotatable bonds is 4. The third-order valence-electron chi connectivity index (χ3n) is 8.95. The minimum Gasteiger partial charge on any atom is -0.388 e. The Kier molecular flexibility index (Phi) is 7.28. The lowest BCUT2D eigenvalue weighted by molar-refractivity contribution is -0.0802. The number of hydrogen-bond acceptors (Lipinski definition) is 6. The quantitative estimate of drug-likeness (QED) is 0.496. The van der Waals surface area contributed by atoms with E-state index in [1.165, 1.54) is 11.3 Å². The predicted molar refractivity (Wildman–Crippen MR) is 155 cm³/mol. The molecule has 2 aliphatic heterocycles. The molecule has 7 nitrogen and oxygen atoms in total. The van der Waals surface area contributed by atoms with E-state index >= 15 is 0 Å². The van der Waals surface area contributed by atoms with Crippen molar-refractivity contribution in [2.24, 2.45) is 0 Å². The molecule has 2 aromatic carbocycles. The number of nitrogens with zero attached hydrogens (tertiary/aromatic N) is 3. The molecule has 1 aliphatic carbocycles. The SMILES string of the molecule is CCc1cc2c(cc1N1CCN(CC3(O)CCOCC3)CC1)C(C)(C)c1[nH]c3cc(C#N)ccc3c1C2=O.Cl. The van der Waals surface area contributed by atoms with E-state index in [1.807, 2.05) is 12.1 Å². The Hall–Kier alpha value is -2.89. The molecule has 3 heterocycles. The van der Waals surface area contributed by atoms with Gasteiger partial charge in [0.2, 0.25) is 0 Å². The fraction of sp³-hybridized carbons (Fsp3) is 0.484. The van der Waals surface area contributed by atoms with E-state index in [0.29, 0.717) is 38.2 Å². The van der Waals surface area contributed by atoms with Crippen molar-refractivity contribution in [2.45, 2.75) is 51.0 Å². The maximum absolute atomic E-state index is 13.9. The topological polar surface area (TPSA) is 92.6 Å². The molecule has 206 valence electrons. The van der Waals surface area contributed by atoms with Gasteiger partial charge in [0.05, 0.1) is 22.8 Å². The number of halogens is 1. The van der Waals surface area contributed by atoms with E-state index in [-0.39, 0.29) is 23.6 Å². The number of ketones is 1. The van der Waals surface area contributed by atoms with E-state index in [0.717, 1.165) is 65.9 Å². The van der Waals surface area contributed by atoms with Gasteiger partial charge in [-0.25, -0.2) is 0 Å². The summed E-state index contributed by atoms with van der Waals surface area (Å²) in [4.78, 5) is 22.2. The average molecular weight is 549 g/mol. The lowest BCUT2D eigenvalue weighted by atomic mass is 9.70. The van der Waals surface area contributed by atoms with Crippen LogP contribution >= 0.6 is 12.4 Å². The Balaban J connectivity index is 0.00000308. The van der Waals surface area contributed by atoms with Crippen molar-refractivity contribution < 1.29 is 14.6 Å². The fourth-order valence-corrected chi connectivity index (χ4v) is 6.63. The van der Waals surface area contributed by atoms with Crippen LogP contribution in [0.5, 0.6) is 0 Å². The van der Waals surface area contributed by atoms with Crippen LogP contribution < -0.4 is 4.90 Å². The van der Waals surface area contributed by atoms with Crippen LogP contribution in [0.3, 0.4) is 0 Å². The number of ether oxygens (including phenoxy) is 1. The highest BCUT2D eigenvalue weighted by atomic mass is 35.5. The molecule has 0 spiro atoms. The number of carbonyl (C=O) groups is 1. The van der Waals surface area contributed by atoms with Crippen LogP contribution in [-0.2, 0) is 16.6 Å². The molecule has 39 heavy (non-hydrogen) atoms. The standard InChI is InChI=1S/C31H36N4O3.ClH/c1-4-21-16-23-24(17-26(21)35-11-9-34(10-12-35)19-31(37)7-13-38-14-8-31)30(2,3)29-27(28(23)36)22-6-5-20(18-32)15-25(22)33-29;/h5-6,15-17,33,37H,4,7-14,19H2,1-3H3;1H. The normalized spacial score (nSPS) is 20.2.